The maximum atomic E-state index is 12.9. The number of hydrogen-bond acceptors (Lipinski definition) is 7. The number of nitrogens with one attached hydrogen (secondary N) is 1. The summed E-state index contributed by atoms with van der Waals surface area (Å²) in [5.74, 6) is 0.0251. The Morgan fingerprint density at radius 3 is 2.66 bits per heavy atom. The molecule has 0 saturated carbocycles. The van der Waals surface area contributed by atoms with E-state index >= 15 is 0 Å². The molecule has 1 amide bonds. The van der Waals surface area contributed by atoms with E-state index in [0.717, 1.165) is 38.3 Å². The molecule has 1 aliphatic heterocycles. The van der Waals surface area contributed by atoms with E-state index in [2.05, 4.69) is 22.2 Å². The van der Waals surface area contributed by atoms with E-state index in [1.807, 2.05) is 19.1 Å². The van der Waals surface area contributed by atoms with Crippen molar-refractivity contribution in [2.24, 2.45) is 5.92 Å². The number of aromatic nitrogens is 2. The van der Waals surface area contributed by atoms with Gasteiger partial charge in [-0.25, -0.2) is 18.4 Å². The molecule has 3 heterocycles. The first kappa shape index (κ1) is 21.4. The van der Waals surface area contributed by atoms with E-state index in [1.165, 1.54) is 27.8 Å². The third kappa shape index (κ3) is 3.92. The van der Waals surface area contributed by atoms with Crippen molar-refractivity contribution in [3.63, 3.8) is 0 Å². The van der Waals surface area contributed by atoms with Crippen LogP contribution in [0, 0.1) is 12.8 Å². The quantitative estimate of drug-likeness (QED) is 0.443. The van der Waals surface area contributed by atoms with Crippen molar-refractivity contribution in [2.45, 2.75) is 31.6 Å². The van der Waals surface area contributed by atoms with Crippen molar-refractivity contribution in [3.05, 3.63) is 47.0 Å². The molecule has 0 unspecified atom stereocenters. The van der Waals surface area contributed by atoms with Gasteiger partial charge in [0.15, 0.2) is 5.13 Å². The maximum absolute atomic E-state index is 12.9. The minimum atomic E-state index is -3.55. The Labute approximate surface area is 194 Å². The summed E-state index contributed by atoms with van der Waals surface area (Å²) < 4.78 is 29.4. The third-order valence-corrected chi connectivity index (χ3v) is 9.42. The molecule has 2 aromatic heterocycles. The van der Waals surface area contributed by atoms with Gasteiger partial charge in [0.2, 0.25) is 10.0 Å². The van der Waals surface area contributed by atoms with Crippen LogP contribution in [0.5, 0.6) is 0 Å². The zero-order valence-electron chi connectivity index (χ0n) is 17.7. The van der Waals surface area contributed by atoms with Crippen molar-refractivity contribution in [3.8, 4) is 0 Å². The van der Waals surface area contributed by atoms with Gasteiger partial charge in [0.25, 0.3) is 5.91 Å². The maximum Gasteiger partial charge on any atom is 0.257 e. The number of carbonyl (C=O) groups is 1. The number of piperidine rings is 1. The largest absolute Gasteiger partial charge is 0.298 e. The molecule has 10 heteroatoms. The second-order valence-electron chi connectivity index (χ2n) is 8.10. The van der Waals surface area contributed by atoms with Crippen LogP contribution < -0.4 is 5.32 Å². The summed E-state index contributed by atoms with van der Waals surface area (Å²) in [4.78, 5) is 22.1. The van der Waals surface area contributed by atoms with Gasteiger partial charge >= 0.3 is 0 Å². The zero-order valence-corrected chi connectivity index (χ0v) is 20.1. The SMILES string of the molecule is Cc1nc2c(ccc3nc(NC(=O)c4ccc(S(=O)(=O)N5CCC[C@@H](C)C5)cc4)sc32)s1. The van der Waals surface area contributed by atoms with Crippen LogP contribution >= 0.6 is 22.7 Å². The van der Waals surface area contributed by atoms with Crippen molar-refractivity contribution < 1.29 is 13.2 Å². The summed E-state index contributed by atoms with van der Waals surface area (Å²) in [5, 5.41) is 4.31. The lowest BCUT2D eigenvalue weighted by Crippen LogP contribution is -2.39. The Kier molecular flexibility index (Phi) is 5.48. The standard InChI is InChI=1S/C22H22N4O3S3/c1-13-4-3-11-26(12-13)32(28,29)16-7-5-15(6-8-16)21(27)25-22-24-17-9-10-18-19(20(17)31-22)23-14(2)30-18/h5-10,13H,3-4,11-12H2,1-2H3,(H,24,25,27)/t13-/m1/s1. The van der Waals surface area contributed by atoms with E-state index in [9.17, 15) is 13.2 Å². The molecule has 0 spiro atoms. The molecule has 0 radical (unpaired) electrons. The molecular weight excluding hydrogens is 464 g/mol. The molecule has 5 rings (SSSR count). The lowest BCUT2D eigenvalue weighted by atomic mass is 10.0. The van der Waals surface area contributed by atoms with Crippen LogP contribution in [-0.4, -0.2) is 41.7 Å². The Balaban J connectivity index is 1.35. The number of anilines is 1. The average Bonchev–Trinajstić information content (AvgIpc) is 3.35. The van der Waals surface area contributed by atoms with Gasteiger partial charge < -0.3 is 0 Å². The second kappa shape index (κ2) is 8.18. The lowest BCUT2D eigenvalue weighted by molar-refractivity contribution is 0.102. The molecule has 1 atom stereocenters. The van der Waals surface area contributed by atoms with E-state index < -0.39 is 10.0 Å². The average molecular weight is 487 g/mol. The highest BCUT2D eigenvalue weighted by atomic mass is 32.2. The van der Waals surface area contributed by atoms with Crippen molar-refractivity contribution in [1.29, 1.82) is 0 Å². The number of carbonyl (C=O) groups excluding carboxylic acids is 1. The third-order valence-electron chi connectivity index (χ3n) is 5.62. The smallest absolute Gasteiger partial charge is 0.257 e. The minimum Gasteiger partial charge on any atom is -0.298 e. The van der Waals surface area contributed by atoms with Gasteiger partial charge in [-0.15, -0.1) is 11.3 Å². The van der Waals surface area contributed by atoms with Crippen LogP contribution in [0.4, 0.5) is 5.13 Å². The Hall–Kier alpha value is -2.40. The fourth-order valence-corrected chi connectivity index (χ4v) is 7.45. The fraction of sp³-hybridized carbons (Fsp3) is 0.318. The van der Waals surface area contributed by atoms with Crippen LogP contribution in [-0.2, 0) is 10.0 Å². The first-order chi connectivity index (χ1) is 15.3. The number of aryl methyl sites for hydroxylation is 1. The lowest BCUT2D eigenvalue weighted by Gasteiger charge is -2.30. The molecule has 0 aliphatic carbocycles. The van der Waals surface area contributed by atoms with E-state index in [0.29, 0.717) is 29.7 Å². The molecule has 1 fully saturated rings. The molecular formula is C22H22N4O3S3. The van der Waals surface area contributed by atoms with Crippen LogP contribution in [0.2, 0.25) is 0 Å². The van der Waals surface area contributed by atoms with Crippen molar-refractivity contribution in [2.75, 3.05) is 18.4 Å². The van der Waals surface area contributed by atoms with E-state index in [-0.39, 0.29) is 10.8 Å². The predicted molar refractivity (Wildman–Crippen MR) is 129 cm³/mol. The second-order valence-corrected chi connectivity index (χ2v) is 12.3. The number of nitrogens with zero attached hydrogens (tertiary/aromatic N) is 3. The molecule has 2 aromatic carbocycles. The summed E-state index contributed by atoms with van der Waals surface area (Å²) in [5.41, 5.74) is 2.08. The van der Waals surface area contributed by atoms with Crippen LogP contribution in [0.25, 0.3) is 20.4 Å². The molecule has 4 aromatic rings. The number of thiazole rings is 2. The number of amides is 1. The number of fused-ring (bicyclic) bond motifs is 3. The van der Waals surface area contributed by atoms with Gasteiger partial charge in [0.1, 0.15) is 5.52 Å². The predicted octanol–water partition coefficient (Wildman–Crippen LogP) is 4.89. The Morgan fingerprint density at radius 2 is 1.91 bits per heavy atom. The minimum absolute atomic E-state index is 0.212. The summed E-state index contributed by atoms with van der Waals surface area (Å²) >= 11 is 3.02. The van der Waals surface area contributed by atoms with Gasteiger partial charge in [-0.2, -0.15) is 4.31 Å². The normalized spacial score (nSPS) is 17.8. The molecule has 1 saturated heterocycles. The Morgan fingerprint density at radius 1 is 1.12 bits per heavy atom. The van der Waals surface area contributed by atoms with Crippen LogP contribution in [0.15, 0.2) is 41.3 Å². The van der Waals surface area contributed by atoms with Crippen molar-refractivity contribution in [1.82, 2.24) is 14.3 Å². The van der Waals surface area contributed by atoms with Gasteiger partial charge in [0.05, 0.1) is 24.8 Å². The Bertz CT molecular complexity index is 1420. The monoisotopic (exact) mass is 486 g/mol. The topological polar surface area (TPSA) is 92.3 Å². The molecule has 0 bridgehead atoms. The highest BCUT2D eigenvalue weighted by Gasteiger charge is 2.28. The highest BCUT2D eigenvalue weighted by Crippen LogP contribution is 2.35. The van der Waals surface area contributed by atoms with Gasteiger partial charge in [0, 0.05) is 18.7 Å². The van der Waals surface area contributed by atoms with Gasteiger partial charge in [-0.05, 0) is 62.1 Å². The van der Waals surface area contributed by atoms with E-state index in [1.54, 1.807) is 23.5 Å². The number of rotatable bonds is 4. The summed E-state index contributed by atoms with van der Waals surface area (Å²) in [6, 6.07) is 10.0. The first-order valence-corrected chi connectivity index (χ1v) is 13.5. The first-order valence-electron chi connectivity index (χ1n) is 10.4. The fourth-order valence-electron chi connectivity index (χ4n) is 4.00. The number of benzene rings is 2. The zero-order chi connectivity index (χ0) is 22.5. The molecule has 1 aliphatic rings. The summed E-state index contributed by atoms with van der Waals surface area (Å²) in [6.45, 7) is 5.11. The summed E-state index contributed by atoms with van der Waals surface area (Å²) in [7, 11) is -3.55. The van der Waals surface area contributed by atoms with Crippen LogP contribution in [0.3, 0.4) is 0 Å². The van der Waals surface area contributed by atoms with Gasteiger partial charge in [-0.1, -0.05) is 18.3 Å². The summed E-state index contributed by atoms with van der Waals surface area (Å²) in [6.07, 6.45) is 1.92. The van der Waals surface area contributed by atoms with Crippen LogP contribution in [0.1, 0.15) is 35.1 Å². The molecule has 166 valence electrons. The number of sulfonamides is 1. The van der Waals surface area contributed by atoms with Crippen molar-refractivity contribution >= 4 is 64.2 Å². The molecule has 32 heavy (non-hydrogen) atoms. The van der Waals surface area contributed by atoms with Gasteiger partial charge in [-0.3, -0.25) is 10.1 Å². The van der Waals surface area contributed by atoms with E-state index in [4.69, 9.17) is 0 Å². The molecule has 7 nitrogen and oxygen atoms in total. The molecule has 1 N–H and O–H groups in total. The number of hydrogen-bond donors (Lipinski definition) is 1. The highest BCUT2D eigenvalue weighted by molar-refractivity contribution is 7.89.